The third-order valence-corrected chi connectivity index (χ3v) is 4.68. The molecule has 0 unspecified atom stereocenters. The van der Waals surface area contributed by atoms with E-state index in [1.807, 2.05) is 7.05 Å². The molecule has 0 spiro atoms. The number of rotatable bonds is 4. The molecule has 0 amide bonds. The van der Waals surface area contributed by atoms with E-state index in [4.69, 9.17) is 0 Å². The van der Waals surface area contributed by atoms with Gasteiger partial charge in [-0.05, 0) is 30.6 Å². The van der Waals surface area contributed by atoms with Crippen LogP contribution in [0.1, 0.15) is 52.5 Å². The molecule has 1 aromatic rings. The third-order valence-electron chi connectivity index (χ3n) is 4.68. The summed E-state index contributed by atoms with van der Waals surface area (Å²) in [6.45, 7) is 11.5. The zero-order valence-corrected chi connectivity index (χ0v) is 14.2. The van der Waals surface area contributed by atoms with E-state index in [0.29, 0.717) is 5.41 Å². The van der Waals surface area contributed by atoms with Crippen molar-refractivity contribution in [2.24, 2.45) is 11.3 Å². The highest BCUT2D eigenvalue weighted by Gasteiger charge is 2.30. The van der Waals surface area contributed by atoms with Crippen LogP contribution in [0.15, 0.2) is 6.33 Å². The minimum atomic E-state index is 0.417. The summed E-state index contributed by atoms with van der Waals surface area (Å²) >= 11 is 0. The van der Waals surface area contributed by atoms with Crippen LogP contribution in [0.2, 0.25) is 0 Å². The van der Waals surface area contributed by atoms with Gasteiger partial charge in [-0.15, -0.1) is 0 Å². The van der Waals surface area contributed by atoms with Crippen molar-refractivity contribution in [3.63, 3.8) is 0 Å². The lowest BCUT2D eigenvalue weighted by atomic mass is 9.75. The summed E-state index contributed by atoms with van der Waals surface area (Å²) in [4.78, 5) is 11.4. The molecule has 1 fully saturated rings. The number of piperidine rings is 1. The SMILES string of the molecule is CCCc1c(NC)ncnc1N1CCC(C(C)(C)C)CC1. The first-order chi connectivity index (χ1) is 9.97. The van der Waals surface area contributed by atoms with Gasteiger partial charge in [-0.1, -0.05) is 34.1 Å². The van der Waals surface area contributed by atoms with Crippen LogP contribution in [0.4, 0.5) is 11.6 Å². The van der Waals surface area contributed by atoms with Crippen LogP contribution in [-0.4, -0.2) is 30.1 Å². The number of aromatic nitrogens is 2. The van der Waals surface area contributed by atoms with Gasteiger partial charge in [0.2, 0.25) is 0 Å². The predicted molar refractivity (Wildman–Crippen MR) is 90.0 cm³/mol. The van der Waals surface area contributed by atoms with Crippen molar-refractivity contribution in [2.75, 3.05) is 30.4 Å². The summed E-state index contributed by atoms with van der Waals surface area (Å²) in [7, 11) is 1.94. The fourth-order valence-corrected chi connectivity index (χ4v) is 3.33. The molecule has 0 atom stereocenters. The Bertz CT molecular complexity index is 456. The van der Waals surface area contributed by atoms with Gasteiger partial charge in [0.25, 0.3) is 0 Å². The number of nitrogens with one attached hydrogen (secondary N) is 1. The van der Waals surface area contributed by atoms with E-state index in [1.54, 1.807) is 6.33 Å². The predicted octanol–water partition coefficient (Wildman–Crippen LogP) is 3.73. The van der Waals surface area contributed by atoms with E-state index < -0.39 is 0 Å². The monoisotopic (exact) mass is 290 g/mol. The maximum Gasteiger partial charge on any atom is 0.137 e. The van der Waals surface area contributed by atoms with Gasteiger partial charge < -0.3 is 10.2 Å². The van der Waals surface area contributed by atoms with Gasteiger partial charge in [-0.3, -0.25) is 0 Å². The van der Waals surface area contributed by atoms with Crippen molar-refractivity contribution in [1.82, 2.24) is 9.97 Å². The zero-order chi connectivity index (χ0) is 15.5. The average Bonchev–Trinajstić information content (AvgIpc) is 2.47. The van der Waals surface area contributed by atoms with Gasteiger partial charge in [0.1, 0.15) is 18.0 Å². The van der Waals surface area contributed by atoms with E-state index in [9.17, 15) is 0 Å². The molecule has 2 rings (SSSR count). The highest BCUT2D eigenvalue weighted by Crippen LogP contribution is 2.36. The van der Waals surface area contributed by atoms with Crippen LogP contribution >= 0.6 is 0 Å². The molecule has 118 valence electrons. The lowest BCUT2D eigenvalue weighted by Gasteiger charge is -2.39. The molecule has 0 saturated carbocycles. The van der Waals surface area contributed by atoms with Crippen LogP contribution < -0.4 is 10.2 Å². The lowest BCUT2D eigenvalue weighted by molar-refractivity contribution is 0.198. The molecule has 4 nitrogen and oxygen atoms in total. The van der Waals surface area contributed by atoms with Crippen molar-refractivity contribution >= 4 is 11.6 Å². The van der Waals surface area contributed by atoms with Crippen LogP contribution in [0.3, 0.4) is 0 Å². The van der Waals surface area contributed by atoms with E-state index >= 15 is 0 Å². The second kappa shape index (κ2) is 6.63. The van der Waals surface area contributed by atoms with Crippen molar-refractivity contribution in [1.29, 1.82) is 0 Å². The summed E-state index contributed by atoms with van der Waals surface area (Å²) < 4.78 is 0. The fourth-order valence-electron chi connectivity index (χ4n) is 3.33. The topological polar surface area (TPSA) is 41.1 Å². The molecule has 4 heteroatoms. The van der Waals surface area contributed by atoms with Crippen molar-refractivity contribution in [3.05, 3.63) is 11.9 Å². The molecule has 0 aromatic carbocycles. The quantitative estimate of drug-likeness (QED) is 0.917. The molecule has 0 radical (unpaired) electrons. The van der Waals surface area contributed by atoms with Crippen molar-refractivity contribution in [2.45, 2.75) is 53.4 Å². The molecule has 0 bridgehead atoms. The number of nitrogens with zero attached hydrogens (tertiary/aromatic N) is 3. The Morgan fingerprint density at radius 2 is 1.90 bits per heavy atom. The summed E-state index contributed by atoms with van der Waals surface area (Å²) in [6.07, 6.45) is 6.36. The van der Waals surface area contributed by atoms with E-state index in [-0.39, 0.29) is 0 Å². The Hall–Kier alpha value is -1.32. The third kappa shape index (κ3) is 3.66. The van der Waals surface area contributed by atoms with Crippen LogP contribution in [0.5, 0.6) is 0 Å². The summed E-state index contributed by atoms with van der Waals surface area (Å²) in [5, 5.41) is 3.22. The van der Waals surface area contributed by atoms with Crippen LogP contribution in [0, 0.1) is 11.3 Å². The number of hydrogen-bond acceptors (Lipinski definition) is 4. The van der Waals surface area contributed by atoms with Gasteiger partial charge in [0.15, 0.2) is 0 Å². The van der Waals surface area contributed by atoms with E-state index in [2.05, 4.69) is 47.9 Å². The van der Waals surface area contributed by atoms with E-state index in [0.717, 1.165) is 43.5 Å². The molecule has 2 heterocycles. The second-order valence-electron chi connectivity index (χ2n) is 7.15. The van der Waals surface area contributed by atoms with Crippen LogP contribution in [-0.2, 0) is 6.42 Å². The average molecular weight is 290 g/mol. The van der Waals surface area contributed by atoms with Gasteiger partial charge >= 0.3 is 0 Å². The molecule has 1 N–H and O–H groups in total. The highest BCUT2D eigenvalue weighted by molar-refractivity contribution is 5.58. The summed E-state index contributed by atoms with van der Waals surface area (Å²) in [5.41, 5.74) is 1.69. The minimum Gasteiger partial charge on any atom is -0.373 e. The Labute approximate surface area is 129 Å². The second-order valence-corrected chi connectivity index (χ2v) is 7.15. The Kier molecular flexibility index (Phi) is 5.07. The number of hydrogen-bond donors (Lipinski definition) is 1. The smallest absolute Gasteiger partial charge is 0.137 e. The van der Waals surface area contributed by atoms with Gasteiger partial charge in [-0.2, -0.15) is 0 Å². The molecule has 21 heavy (non-hydrogen) atoms. The molecule has 1 aromatic heterocycles. The van der Waals surface area contributed by atoms with Crippen molar-refractivity contribution in [3.8, 4) is 0 Å². The van der Waals surface area contributed by atoms with E-state index in [1.165, 1.54) is 18.4 Å². The molecule has 1 aliphatic heterocycles. The zero-order valence-electron chi connectivity index (χ0n) is 14.2. The maximum atomic E-state index is 4.59. The first-order valence-electron chi connectivity index (χ1n) is 8.24. The fraction of sp³-hybridized carbons (Fsp3) is 0.765. The molecule has 1 saturated heterocycles. The van der Waals surface area contributed by atoms with Crippen LogP contribution in [0.25, 0.3) is 0 Å². The Morgan fingerprint density at radius 3 is 2.43 bits per heavy atom. The number of anilines is 2. The molecule has 1 aliphatic rings. The minimum absolute atomic E-state index is 0.417. The van der Waals surface area contributed by atoms with Gasteiger partial charge in [-0.25, -0.2) is 9.97 Å². The molecular weight excluding hydrogens is 260 g/mol. The molecular formula is C17H30N4. The molecule has 0 aliphatic carbocycles. The largest absolute Gasteiger partial charge is 0.373 e. The van der Waals surface area contributed by atoms with Crippen molar-refractivity contribution < 1.29 is 0 Å². The first kappa shape index (κ1) is 16.1. The summed E-state index contributed by atoms with van der Waals surface area (Å²) in [6, 6.07) is 0. The Balaban J connectivity index is 2.16. The standard InChI is InChI=1S/C17H30N4/c1-6-7-14-15(18-5)19-12-20-16(14)21-10-8-13(9-11-21)17(2,3)4/h12-13H,6-11H2,1-5H3,(H,18,19,20). The summed E-state index contributed by atoms with van der Waals surface area (Å²) in [5.74, 6) is 2.94. The Morgan fingerprint density at radius 1 is 1.24 bits per heavy atom. The maximum absolute atomic E-state index is 4.59. The van der Waals surface area contributed by atoms with Gasteiger partial charge in [0, 0.05) is 25.7 Å². The lowest BCUT2D eigenvalue weighted by Crippen LogP contribution is -2.39. The highest BCUT2D eigenvalue weighted by atomic mass is 15.2. The first-order valence-corrected chi connectivity index (χ1v) is 8.24. The normalized spacial score (nSPS) is 17.1. The van der Waals surface area contributed by atoms with Gasteiger partial charge in [0.05, 0.1) is 0 Å².